The van der Waals surface area contributed by atoms with Crippen LogP contribution in [0.3, 0.4) is 0 Å². The second kappa shape index (κ2) is 7.04. The Morgan fingerprint density at radius 2 is 2.00 bits per heavy atom. The van der Waals surface area contributed by atoms with Crippen molar-refractivity contribution in [3.8, 4) is 0 Å². The summed E-state index contributed by atoms with van der Waals surface area (Å²) in [5, 5.41) is 8.82. The zero-order chi connectivity index (χ0) is 14.5. The smallest absolute Gasteiger partial charge is 0.306 e. The maximum atomic E-state index is 12.6. The number of carboxylic acids is 1. The maximum absolute atomic E-state index is 12.6. The maximum Gasteiger partial charge on any atom is 0.306 e. The molecule has 3 unspecified atom stereocenters. The van der Waals surface area contributed by atoms with E-state index in [0.29, 0.717) is 19.7 Å². The van der Waals surface area contributed by atoms with Crippen LogP contribution in [-0.4, -0.2) is 53.7 Å². The molecule has 1 heterocycles. The number of morpholine rings is 1. The molecule has 0 radical (unpaired) electrons. The first-order valence-corrected chi connectivity index (χ1v) is 7.45. The molecule has 20 heavy (non-hydrogen) atoms. The van der Waals surface area contributed by atoms with Crippen LogP contribution in [0.15, 0.2) is 0 Å². The quantitative estimate of drug-likeness (QED) is 0.740. The molecule has 6 heteroatoms. The van der Waals surface area contributed by atoms with E-state index in [9.17, 15) is 9.59 Å². The van der Waals surface area contributed by atoms with Gasteiger partial charge in [-0.2, -0.15) is 0 Å². The molecule has 3 N–H and O–H groups in total. The third-order valence-electron chi connectivity index (χ3n) is 4.24. The van der Waals surface area contributed by atoms with E-state index in [0.717, 1.165) is 32.1 Å². The van der Waals surface area contributed by atoms with Gasteiger partial charge in [0.2, 0.25) is 5.91 Å². The first kappa shape index (κ1) is 15.3. The van der Waals surface area contributed by atoms with Gasteiger partial charge in [-0.05, 0) is 12.8 Å². The van der Waals surface area contributed by atoms with Gasteiger partial charge in [0.1, 0.15) is 0 Å². The molecule has 1 saturated carbocycles. The van der Waals surface area contributed by atoms with E-state index in [-0.39, 0.29) is 24.3 Å². The summed E-state index contributed by atoms with van der Waals surface area (Å²) < 4.78 is 5.40. The minimum Gasteiger partial charge on any atom is -0.481 e. The van der Waals surface area contributed by atoms with Crippen molar-refractivity contribution in [1.29, 1.82) is 0 Å². The number of aliphatic carboxylic acids is 1. The summed E-state index contributed by atoms with van der Waals surface area (Å²) in [4.78, 5) is 25.1. The van der Waals surface area contributed by atoms with Crippen molar-refractivity contribution >= 4 is 11.9 Å². The van der Waals surface area contributed by atoms with Gasteiger partial charge in [-0.3, -0.25) is 9.59 Å². The van der Waals surface area contributed by atoms with Crippen molar-refractivity contribution in [2.45, 2.75) is 50.7 Å². The summed E-state index contributed by atoms with van der Waals surface area (Å²) >= 11 is 0. The van der Waals surface area contributed by atoms with Crippen LogP contribution < -0.4 is 5.73 Å². The van der Waals surface area contributed by atoms with E-state index in [4.69, 9.17) is 15.6 Å². The molecule has 1 amide bonds. The molecular formula is C14H24N2O4. The summed E-state index contributed by atoms with van der Waals surface area (Å²) in [6, 6.07) is -0.0641. The standard InChI is InChI=1S/C14H24N2O4/c15-12-5-3-1-2-4-11(12)14(19)16-6-7-20-10(9-16)8-13(17)18/h10-12H,1-9,15H2,(H,17,18). The van der Waals surface area contributed by atoms with E-state index < -0.39 is 12.1 Å². The van der Waals surface area contributed by atoms with Crippen LogP contribution in [-0.2, 0) is 14.3 Å². The Bertz CT molecular complexity index is 361. The number of carboxylic acid groups (broad SMARTS) is 1. The molecule has 3 atom stereocenters. The molecule has 2 rings (SSSR count). The van der Waals surface area contributed by atoms with Gasteiger partial charge in [0.05, 0.1) is 25.0 Å². The molecular weight excluding hydrogens is 260 g/mol. The molecule has 0 spiro atoms. The van der Waals surface area contributed by atoms with Crippen LogP contribution in [0.5, 0.6) is 0 Å². The minimum atomic E-state index is -0.893. The highest BCUT2D eigenvalue weighted by atomic mass is 16.5. The molecule has 1 aliphatic carbocycles. The third-order valence-corrected chi connectivity index (χ3v) is 4.24. The van der Waals surface area contributed by atoms with Crippen LogP contribution in [0.1, 0.15) is 38.5 Å². The Morgan fingerprint density at radius 3 is 2.75 bits per heavy atom. The number of carbonyl (C=O) groups excluding carboxylic acids is 1. The molecule has 0 aromatic heterocycles. The van der Waals surface area contributed by atoms with E-state index in [1.807, 2.05) is 0 Å². The Hall–Kier alpha value is -1.14. The topological polar surface area (TPSA) is 92.9 Å². The van der Waals surface area contributed by atoms with Crippen LogP contribution in [0.4, 0.5) is 0 Å². The van der Waals surface area contributed by atoms with Gasteiger partial charge < -0.3 is 20.5 Å². The third kappa shape index (κ3) is 3.93. The van der Waals surface area contributed by atoms with Gasteiger partial charge in [-0.15, -0.1) is 0 Å². The molecule has 6 nitrogen and oxygen atoms in total. The van der Waals surface area contributed by atoms with Crippen molar-refractivity contribution in [1.82, 2.24) is 4.90 Å². The highest BCUT2D eigenvalue weighted by Crippen LogP contribution is 2.25. The van der Waals surface area contributed by atoms with Crippen LogP contribution in [0.2, 0.25) is 0 Å². The molecule has 2 fully saturated rings. The highest BCUT2D eigenvalue weighted by Gasteiger charge is 2.33. The van der Waals surface area contributed by atoms with E-state index in [1.165, 1.54) is 0 Å². The number of carbonyl (C=O) groups is 2. The number of nitrogens with zero attached hydrogens (tertiary/aromatic N) is 1. The van der Waals surface area contributed by atoms with Crippen LogP contribution >= 0.6 is 0 Å². The van der Waals surface area contributed by atoms with Gasteiger partial charge >= 0.3 is 5.97 Å². The number of nitrogens with two attached hydrogens (primary N) is 1. The fourth-order valence-electron chi connectivity index (χ4n) is 3.12. The molecule has 0 aromatic carbocycles. The SMILES string of the molecule is NC1CCCCCC1C(=O)N1CCOC(CC(=O)O)C1. The highest BCUT2D eigenvalue weighted by molar-refractivity contribution is 5.80. The predicted molar refractivity (Wildman–Crippen MR) is 73.1 cm³/mol. The summed E-state index contributed by atoms with van der Waals surface area (Å²) in [5.74, 6) is -0.922. The first-order valence-electron chi connectivity index (χ1n) is 7.45. The van der Waals surface area contributed by atoms with E-state index in [2.05, 4.69) is 0 Å². The zero-order valence-corrected chi connectivity index (χ0v) is 11.8. The van der Waals surface area contributed by atoms with Gasteiger partial charge in [-0.25, -0.2) is 0 Å². The number of hydrogen-bond acceptors (Lipinski definition) is 4. The van der Waals surface area contributed by atoms with E-state index >= 15 is 0 Å². The lowest BCUT2D eigenvalue weighted by molar-refractivity contribution is -0.150. The Kier molecular flexibility index (Phi) is 5.37. The predicted octanol–water partition coefficient (Wildman–Crippen LogP) is 0.596. The molecule has 0 aromatic rings. The Balaban J connectivity index is 1.94. The summed E-state index contributed by atoms with van der Waals surface area (Å²) in [6.45, 7) is 1.32. The summed E-state index contributed by atoms with van der Waals surface area (Å²) in [7, 11) is 0. The number of rotatable bonds is 3. The lowest BCUT2D eigenvalue weighted by atomic mass is 9.93. The second-order valence-electron chi connectivity index (χ2n) is 5.78. The second-order valence-corrected chi connectivity index (χ2v) is 5.78. The minimum absolute atomic E-state index is 0.0551. The lowest BCUT2D eigenvalue weighted by Gasteiger charge is -2.35. The number of hydrogen-bond donors (Lipinski definition) is 2. The van der Waals surface area contributed by atoms with E-state index in [1.54, 1.807) is 4.90 Å². The largest absolute Gasteiger partial charge is 0.481 e. The van der Waals surface area contributed by atoms with Crippen molar-refractivity contribution in [2.75, 3.05) is 19.7 Å². The first-order chi connectivity index (χ1) is 9.58. The molecule has 0 bridgehead atoms. The summed E-state index contributed by atoms with van der Waals surface area (Å²) in [6.07, 6.45) is 4.58. The van der Waals surface area contributed by atoms with Crippen LogP contribution in [0.25, 0.3) is 0 Å². The molecule has 114 valence electrons. The fraction of sp³-hybridized carbons (Fsp3) is 0.857. The Labute approximate surface area is 119 Å². The van der Waals surface area contributed by atoms with Crippen LogP contribution in [0, 0.1) is 5.92 Å². The number of amides is 1. The van der Waals surface area contributed by atoms with Crippen molar-refractivity contribution in [3.63, 3.8) is 0 Å². The van der Waals surface area contributed by atoms with Crippen molar-refractivity contribution < 1.29 is 19.4 Å². The van der Waals surface area contributed by atoms with Crippen molar-refractivity contribution in [3.05, 3.63) is 0 Å². The lowest BCUT2D eigenvalue weighted by Crippen LogP contribution is -2.51. The average Bonchev–Trinajstić information content (AvgIpc) is 2.62. The van der Waals surface area contributed by atoms with Crippen molar-refractivity contribution in [2.24, 2.45) is 11.7 Å². The molecule has 2 aliphatic rings. The van der Waals surface area contributed by atoms with Gasteiger partial charge in [-0.1, -0.05) is 19.3 Å². The van der Waals surface area contributed by atoms with Gasteiger partial charge in [0, 0.05) is 19.1 Å². The Morgan fingerprint density at radius 1 is 1.25 bits per heavy atom. The number of ether oxygens (including phenoxy) is 1. The molecule has 1 saturated heterocycles. The van der Waals surface area contributed by atoms with Gasteiger partial charge in [0.15, 0.2) is 0 Å². The fourth-order valence-corrected chi connectivity index (χ4v) is 3.12. The summed E-state index contributed by atoms with van der Waals surface area (Å²) in [5.41, 5.74) is 6.13. The normalized spacial score (nSPS) is 31.6. The monoisotopic (exact) mass is 284 g/mol. The van der Waals surface area contributed by atoms with Gasteiger partial charge in [0.25, 0.3) is 0 Å². The molecule has 1 aliphatic heterocycles. The average molecular weight is 284 g/mol. The zero-order valence-electron chi connectivity index (χ0n) is 11.8.